The molecule has 1 aromatic carbocycles. The highest BCUT2D eigenvalue weighted by molar-refractivity contribution is 6.47. The van der Waals surface area contributed by atoms with Gasteiger partial charge in [0, 0.05) is 37.6 Å². The van der Waals surface area contributed by atoms with Crippen LogP contribution in [-0.4, -0.2) is 87.3 Å². The number of piperazine rings is 1. The van der Waals surface area contributed by atoms with Gasteiger partial charge in [-0.05, 0) is 31.0 Å². The monoisotopic (exact) mass is 527 g/mol. The maximum Gasteiger partial charge on any atom is 0.547 e. The van der Waals surface area contributed by atoms with Crippen LogP contribution in [0.5, 0.6) is 5.75 Å². The second-order valence-electron chi connectivity index (χ2n) is 8.55. The number of halogens is 1. The van der Waals surface area contributed by atoms with Gasteiger partial charge in [-0.3, -0.25) is 24.3 Å². The third-order valence-corrected chi connectivity index (χ3v) is 6.24. The predicted molar refractivity (Wildman–Crippen MR) is 127 cm³/mol. The molecule has 4 rings (SSSR count). The molecule has 13 nitrogen and oxygen atoms in total. The number of hydrogen-bond donors (Lipinski definition) is 4. The van der Waals surface area contributed by atoms with E-state index in [0.717, 1.165) is 6.07 Å². The molecule has 38 heavy (non-hydrogen) atoms. The Balaban J connectivity index is 1.54. The van der Waals surface area contributed by atoms with Gasteiger partial charge >= 0.3 is 30.9 Å². The zero-order chi connectivity index (χ0) is 27.6. The zero-order valence-electron chi connectivity index (χ0n) is 20.1. The number of carboxylic acid groups (broad SMARTS) is 1. The van der Waals surface area contributed by atoms with Crippen LogP contribution in [0.3, 0.4) is 0 Å². The number of carboxylic acids is 1. The highest BCUT2D eigenvalue weighted by Crippen LogP contribution is 2.32. The number of nitrogens with zero attached hydrogens (tertiary/aromatic N) is 3. The second-order valence-corrected chi connectivity index (χ2v) is 8.55. The highest BCUT2D eigenvalue weighted by Gasteiger charge is 2.41. The van der Waals surface area contributed by atoms with Gasteiger partial charge in [-0.15, -0.1) is 0 Å². The number of imide groups is 1. The van der Waals surface area contributed by atoms with Crippen molar-refractivity contribution in [3.8, 4) is 5.75 Å². The van der Waals surface area contributed by atoms with Gasteiger partial charge in [-0.25, -0.2) is 14.0 Å². The minimum absolute atomic E-state index is 0.0694. The normalized spacial score (nSPS) is 17.9. The van der Waals surface area contributed by atoms with Crippen LogP contribution in [0.15, 0.2) is 36.7 Å². The van der Waals surface area contributed by atoms with E-state index in [1.165, 1.54) is 35.5 Å². The summed E-state index contributed by atoms with van der Waals surface area (Å²) in [6, 6.07) is 2.88. The number of carbonyl (C=O) groups excluding carboxylic acids is 4. The number of likely N-dealkylation sites (N-methyl/N-ethyl adjacent to an activating group) is 1. The van der Waals surface area contributed by atoms with Crippen LogP contribution in [0.25, 0.3) is 0 Å². The van der Waals surface area contributed by atoms with E-state index in [0.29, 0.717) is 11.4 Å². The van der Waals surface area contributed by atoms with Crippen LogP contribution < -0.4 is 15.3 Å². The molecule has 2 atom stereocenters. The number of nitrogens with one attached hydrogen (secondary N) is 2. The van der Waals surface area contributed by atoms with Crippen molar-refractivity contribution in [3.63, 3.8) is 0 Å². The summed E-state index contributed by atoms with van der Waals surface area (Å²) >= 11 is 0. The number of fused-ring (bicyclic) bond motifs is 1. The van der Waals surface area contributed by atoms with E-state index in [1.54, 1.807) is 6.92 Å². The molecule has 0 spiro atoms. The van der Waals surface area contributed by atoms with Crippen LogP contribution >= 0.6 is 0 Å². The summed E-state index contributed by atoms with van der Waals surface area (Å²) in [4.78, 5) is 68.3. The molecule has 1 fully saturated rings. The standard InChI is InChI=1S/C23H23BFN5O8/c1-2-29-8-9-30(21(33)20(29)32)23(36)28-17(13-4-3-7-26-11-13)19(31)27-15-10-12-5-6-14(25)16(22(34)35)18(12)38-24(15)37/h3-7,11,15,17,37H,2,8-10H2,1H3,(H,27,31)(H,28,36)(H,34,35)/t15-,17?/m0/s1. The molecule has 0 aliphatic carbocycles. The molecule has 4 N–H and O–H groups in total. The minimum Gasteiger partial charge on any atom is -0.534 e. The van der Waals surface area contributed by atoms with Gasteiger partial charge in [-0.1, -0.05) is 12.1 Å². The first kappa shape index (κ1) is 26.5. The third kappa shape index (κ3) is 5.13. The SMILES string of the molecule is CCN1CCN(C(=O)NC(C(=O)N[C@H]2Cc3ccc(F)c(C(=O)O)c3OB2O)c2cccnc2)C(=O)C1=O. The van der Waals surface area contributed by atoms with Crippen LogP contribution in [0.1, 0.15) is 34.5 Å². The van der Waals surface area contributed by atoms with Crippen molar-refractivity contribution in [2.45, 2.75) is 25.3 Å². The third-order valence-electron chi connectivity index (χ3n) is 6.24. The van der Waals surface area contributed by atoms with Crippen molar-refractivity contribution in [1.82, 2.24) is 25.4 Å². The Kier molecular flexibility index (Phi) is 7.57. The van der Waals surface area contributed by atoms with E-state index in [4.69, 9.17) is 4.65 Å². The number of urea groups is 1. The van der Waals surface area contributed by atoms with Crippen molar-refractivity contribution in [3.05, 3.63) is 59.2 Å². The van der Waals surface area contributed by atoms with E-state index in [9.17, 15) is 38.5 Å². The largest absolute Gasteiger partial charge is 0.547 e. The molecule has 0 bridgehead atoms. The number of amides is 5. The topological polar surface area (TPSA) is 178 Å². The summed E-state index contributed by atoms with van der Waals surface area (Å²) < 4.78 is 19.3. The number of aromatic nitrogens is 1. The van der Waals surface area contributed by atoms with E-state index < -0.39 is 60.2 Å². The Morgan fingerprint density at radius 3 is 2.66 bits per heavy atom. The van der Waals surface area contributed by atoms with Gasteiger partial charge in [0.25, 0.3) is 0 Å². The van der Waals surface area contributed by atoms with Gasteiger partial charge in [0.05, 0.1) is 5.94 Å². The molecule has 1 aromatic heterocycles. The lowest BCUT2D eigenvalue weighted by molar-refractivity contribution is -0.153. The highest BCUT2D eigenvalue weighted by atomic mass is 19.1. The van der Waals surface area contributed by atoms with Gasteiger partial charge in [-0.2, -0.15) is 0 Å². The summed E-state index contributed by atoms with van der Waals surface area (Å²) in [5.41, 5.74) is -0.264. The molecule has 5 amide bonds. The second kappa shape index (κ2) is 10.8. The Hall–Kier alpha value is -4.53. The fraction of sp³-hybridized carbons (Fsp3) is 0.304. The molecule has 1 unspecified atom stereocenters. The zero-order valence-corrected chi connectivity index (χ0v) is 20.1. The van der Waals surface area contributed by atoms with E-state index >= 15 is 0 Å². The van der Waals surface area contributed by atoms with Crippen LogP contribution in [0, 0.1) is 5.82 Å². The number of pyridine rings is 1. The fourth-order valence-corrected chi connectivity index (χ4v) is 4.24. The van der Waals surface area contributed by atoms with E-state index in [-0.39, 0.29) is 36.4 Å². The van der Waals surface area contributed by atoms with Gasteiger partial charge in [0.1, 0.15) is 23.2 Å². The average molecular weight is 527 g/mol. The van der Waals surface area contributed by atoms with Crippen LogP contribution in [0.2, 0.25) is 0 Å². The van der Waals surface area contributed by atoms with E-state index in [1.807, 2.05) is 0 Å². The van der Waals surface area contributed by atoms with Crippen LogP contribution in [-0.2, 0) is 20.8 Å². The summed E-state index contributed by atoms with van der Waals surface area (Å²) in [6.07, 6.45) is 2.65. The number of hydrogen-bond acceptors (Lipinski definition) is 8. The number of rotatable bonds is 6. The summed E-state index contributed by atoms with van der Waals surface area (Å²) in [7, 11) is -1.74. The van der Waals surface area contributed by atoms with Gasteiger partial charge < -0.3 is 30.3 Å². The molecule has 1 saturated heterocycles. The molecular weight excluding hydrogens is 504 g/mol. The summed E-state index contributed by atoms with van der Waals surface area (Å²) in [5.74, 6) is -6.76. The first-order valence-electron chi connectivity index (χ1n) is 11.6. The van der Waals surface area contributed by atoms with Crippen molar-refractivity contribution in [1.29, 1.82) is 0 Å². The first-order valence-corrected chi connectivity index (χ1v) is 11.6. The summed E-state index contributed by atoms with van der Waals surface area (Å²) in [5, 5.41) is 24.7. The molecular formula is C23H23BFN5O8. The fourth-order valence-electron chi connectivity index (χ4n) is 4.24. The molecule has 2 aliphatic heterocycles. The summed E-state index contributed by atoms with van der Waals surface area (Å²) in [6.45, 7) is 2.07. The molecule has 2 aromatic rings. The number of aromatic carboxylic acids is 1. The Labute approximate surface area is 215 Å². The molecule has 3 heterocycles. The van der Waals surface area contributed by atoms with Crippen molar-refractivity contribution < 1.29 is 43.1 Å². The quantitative estimate of drug-likeness (QED) is 0.285. The van der Waals surface area contributed by atoms with Gasteiger partial charge in [0.15, 0.2) is 0 Å². The lowest BCUT2D eigenvalue weighted by atomic mass is 9.72. The Bertz CT molecular complexity index is 1300. The lowest BCUT2D eigenvalue weighted by Crippen LogP contribution is -2.60. The minimum atomic E-state index is -1.74. The maximum absolute atomic E-state index is 14.0. The maximum atomic E-state index is 14.0. The first-order chi connectivity index (χ1) is 18.1. The molecule has 198 valence electrons. The number of carbonyl (C=O) groups is 5. The Morgan fingerprint density at radius 1 is 1.24 bits per heavy atom. The van der Waals surface area contributed by atoms with Crippen LogP contribution in [0.4, 0.5) is 9.18 Å². The van der Waals surface area contributed by atoms with Crippen molar-refractivity contribution >= 4 is 36.8 Å². The van der Waals surface area contributed by atoms with Crippen molar-refractivity contribution in [2.24, 2.45) is 0 Å². The van der Waals surface area contributed by atoms with Crippen molar-refractivity contribution in [2.75, 3.05) is 19.6 Å². The van der Waals surface area contributed by atoms with Gasteiger partial charge in [0.2, 0.25) is 5.91 Å². The smallest absolute Gasteiger partial charge is 0.534 e. The molecule has 2 aliphatic rings. The Morgan fingerprint density at radius 2 is 2.00 bits per heavy atom. The molecule has 0 saturated carbocycles. The number of benzene rings is 1. The molecule has 15 heteroatoms. The predicted octanol–water partition coefficient (Wildman–Crippen LogP) is -0.500. The lowest BCUT2D eigenvalue weighted by Gasteiger charge is -2.33. The van der Waals surface area contributed by atoms with E-state index in [2.05, 4.69) is 15.6 Å². The molecule has 0 radical (unpaired) electrons. The average Bonchev–Trinajstić information content (AvgIpc) is 2.89.